The van der Waals surface area contributed by atoms with Crippen LogP contribution in [-0.2, 0) is 6.54 Å². The van der Waals surface area contributed by atoms with E-state index in [1.165, 1.54) is 21.3 Å². The summed E-state index contributed by atoms with van der Waals surface area (Å²) in [4.78, 5) is 7.68. The van der Waals surface area contributed by atoms with E-state index in [2.05, 4.69) is 59.4 Å². The Morgan fingerprint density at radius 3 is 2.78 bits per heavy atom. The summed E-state index contributed by atoms with van der Waals surface area (Å²) < 4.78 is 0. The van der Waals surface area contributed by atoms with Crippen LogP contribution in [-0.4, -0.2) is 12.0 Å². The van der Waals surface area contributed by atoms with E-state index in [4.69, 9.17) is 0 Å². The molecule has 0 aliphatic rings. The maximum absolute atomic E-state index is 4.12. The maximum Gasteiger partial charge on any atom is 0.0794 e. The largest absolute Gasteiger partial charge is 0.369 e. The third kappa shape index (κ3) is 2.09. The summed E-state index contributed by atoms with van der Waals surface area (Å²) in [6.45, 7) is 0.901. The monoisotopic (exact) mass is 254 g/mol. The molecule has 90 valence electrons. The molecule has 2 nitrogen and oxygen atoms in total. The Labute approximate surface area is 111 Å². The van der Waals surface area contributed by atoms with E-state index < -0.39 is 0 Å². The molecule has 0 unspecified atom stereocenters. The Hall–Kier alpha value is -1.87. The van der Waals surface area contributed by atoms with Crippen molar-refractivity contribution in [2.75, 3.05) is 11.9 Å². The third-order valence-corrected chi connectivity index (χ3v) is 3.82. The Morgan fingerprint density at radius 1 is 1.11 bits per heavy atom. The number of nitrogens with zero attached hydrogens (tertiary/aromatic N) is 2. The van der Waals surface area contributed by atoms with E-state index in [0.29, 0.717) is 0 Å². The fourth-order valence-electron chi connectivity index (χ4n) is 2.18. The van der Waals surface area contributed by atoms with Crippen LogP contribution in [0.1, 0.15) is 4.88 Å². The molecule has 0 radical (unpaired) electrons. The van der Waals surface area contributed by atoms with Crippen LogP contribution in [0.3, 0.4) is 0 Å². The number of benzene rings is 2. The summed E-state index contributed by atoms with van der Waals surface area (Å²) >= 11 is 1.70. The second-order valence-electron chi connectivity index (χ2n) is 4.32. The van der Waals surface area contributed by atoms with Gasteiger partial charge in [-0.2, -0.15) is 0 Å². The van der Waals surface area contributed by atoms with E-state index in [1.54, 1.807) is 11.3 Å². The lowest BCUT2D eigenvalue weighted by molar-refractivity contribution is 0.942. The van der Waals surface area contributed by atoms with Gasteiger partial charge < -0.3 is 4.90 Å². The van der Waals surface area contributed by atoms with Crippen molar-refractivity contribution in [1.29, 1.82) is 0 Å². The molecular weight excluding hydrogens is 240 g/mol. The van der Waals surface area contributed by atoms with Crippen LogP contribution in [0.5, 0.6) is 0 Å². The van der Waals surface area contributed by atoms with Crippen molar-refractivity contribution in [2.45, 2.75) is 6.54 Å². The van der Waals surface area contributed by atoms with Gasteiger partial charge in [0.05, 0.1) is 12.1 Å². The molecule has 0 aliphatic carbocycles. The van der Waals surface area contributed by atoms with Gasteiger partial charge in [-0.15, -0.1) is 11.3 Å². The van der Waals surface area contributed by atoms with Gasteiger partial charge in [-0.1, -0.05) is 36.4 Å². The summed E-state index contributed by atoms with van der Waals surface area (Å²) in [5, 5.41) is 2.58. The zero-order valence-electron chi connectivity index (χ0n) is 10.2. The van der Waals surface area contributed by atoms with Gasteiger partial charge in [0.1, 0.15) is 0 Å². The molecule has 3 aromatic rings. The molecule has 18 heavy (non-hydrogen) atoms. The Bertz CT molecular complexity index is 641. The van der Waals surface area contributed by atoms with Gasteiger partial charge in [0.25, 0.3) is 0 Å². The summed E-state index contributed by atoms with van der Waals surface area (Å²) in [6.07, 6.45) is 1.94. The summed E-state index contributed by atoms with van der Waals surface area (Å²) in [7, 11) is 2.13. The van der Waals surface area contributed by atoms with Crippen molar-refractivity contribution in [1.82, 2.24) is 4.98 Å². The number of hydrogen-bond donors (Lipinski definition) is 0. The zero-order valence-corrected chi connectivity index (χ0v) is 11.0. The number of fused-ring (bicyclic) bond motifs is 1. The number of hydrogen-bond acceptors (Lipinski definition) is 3. The zero-order chi connectivity index (χ0) is 12.4. The molecule has 0 saturated carbocycles. The average molecular weight is 254 g/mol. The molecule has 0 atom stereocenters. The highest BCUT2D eigenvalue weighted by molar-refractivity contribution is 7.09. The van der Waals surface area contributed by atoms with Gasteiger partial charge in [0, 0.05) is 29.2 Å². The molecule has 0 fully saturated rings. The smallest absolute Gasteiger partial charge is 0.0794 e. The summed E-state index contributed by atoms with van der Waals surface area (Å²) in [5.41, 5.74) is 3.15. The summed E-state index contributed by atoms with van der Waals surface area (Å²) in [6, 6.07) is 14.9. The van der Waals surface area contributed by atoms with Crippen molar-refractivity contribution in [3.8, 4) is 0 Å². The Kier molecular flexibility index (Phi) is 2.99. The summed E-state index contributed by atoms with van der Waals surface area (Å²) in [5.74, 6) is 0. The van der Waals surface area contributed by atoms with Gasteiger partial charge >= 0.3 is 0 Å². The van der Waals surface area contributed by atoms with Crippen molar-refractivity contribution < 1.29 is 0 Å². The predicted octanol–water partition coefficient (Wildman–Crippen LogP) is 3.93. The second kappa shape index (κ2) is 4.78. The van der Waals surface area contributed by atoms with Gasteiger partial charge in [-0.25, -0.2) is 0 Å². The van der Waals surface area contributed by atoms with E-state index in [1.807, 2.05) is 11.7 Å². The molecule has 3 rings (SSSR count). The molecule has 0 N–H and O–H groups in total. The molecule has 0 aliphatic heterocycles. The van der Waals surface area contributed by atoms with Gasteiger partial charge in [0.2, 0.25) is 0 Å². The number of rotatable bonds is 3. The first kappa shape index (κ1) is 11.2. The first-order valence-corrected chi connectivity index (χ1v) is 6.79. The van der Waals surface area contributed by atoms with Crippen molar-refractivity contribution >= 4 is 27.8 Å². The molecular formula is C15H14N2S. The average Bonchev–Trinajstić information content (AvgIpc) is 2.91. The molecule has 1 aromatic heterocycles. The van der Waals surface area contributed by atoms with Crippen LogP contribution in [0.25, 0.3) is 10.8 Å². The van der Waals surface area contributed by atoms with Crippen LogP contribution in [0.15, 0.2) is 54.2 Å². The third-order valence-electron chi connectivity index (χ3n) is 3.05. The van der Waals surface area contributed by atoms with E-state index in [0.717, 1.165) is 6.54 Å². The molecule has 0 spiro atoms. The second-order valence-corrected chi connectivity index (χ2v) is 5.29. The van der Waals surface area contributed by atoms with Gasteiger partial charge in [-0.05, 0) is 11.5 Å². The minimum absolute atomic E-state index is 0.901. The van der Waals surface area contributed by atoms with Crippen LogP contribution >= 0.6 is 11.3 Å². The fourth-order valence-corrected chi connectivity index (χ4v) is 2.83. The minimum Gasteiger partial charge on any atom is -0.369 e. The van der Waals surface area contributed by atoms with Gasteiger partial charge in [0.15, 0.2) is 0 Å². The lowest BCUT2D eigenvalue weighted by Crippen LogP contribution is -2.15. The number of anilines is 1. The molecule has 3 heteroatoms. The van der Waals surface area contributed by atoms with Crippen LogP contribution in [0.4, 0.5) is 5.69 Å². The van der Waals surface area contributed by atoms with Crippen LogP contribution in [0, 0.1) is 0 Å². The topological polar surface area (TPSA) is 16.1 Å². The van der Waals surface area contributed by atoms with E-state index >= 15 is 0 Å². The van der Waals surface area contributed by atoms with Crippen molar-refractivity contribution in [3.63, 3.8) is 0 Å². The van der Waals surface area contributed by atoms with Crippen LogP contribution in [0.2, 0.25) is 0 Å². The quantitative estimate of drug-likeness (QED) is 0.704. The lowest BCUT2D eigenvalue weighted by atomic mass is 10.1. The fraction of sp³-hybridized carbons (Fsp3) is 0.133. The molecule has 0 bridgehead atoms. The Balaban J connectivity index is 1.98. The van der Waals surface area contributed by atoms with E-state index in [9.17, 15) is 0 Å². The number of thiazole rings is 1. The van der Waals surface area contributed by atoms with Crippen molar-refractivity contribution in [3.05, 3.63) is 59.0 Å². The Morgan fingerprint density at radius 2 is 1.94 bits per heavy atom. The first-order chi connectivity index (χ1) is 8.84. The first-order valence-electron chi connectivity index (χ1n) is 5.91. The molecule has 1 heterocycles. The SMILES string of the molecule is CN(Cc1cncs1)c1cccc2ccccc12. The van der Waals surface area contributed by atoms with E-state index in [-0.39, 0.29) is 0 Å². The van der Waals surface area contributed by atoms with Gasteiger partial charge in [-0.3, -0.25) is 4.98 Å². The maximum atomic E-state index is 4.12. The highest BCUT2D eigenvalue weighted by Crippen LogP contribution is 2.27. The predicted molar refractivity (Wildman–Crippen MR) is 78.2 cm³/mol. The highest BCUT2D eigenvalue weighted by atomic mass is 32.1. The number of aromatic nitrogens is 1. The molecule has 0 saturated heterocycles. The highest BCUT2D eigenvalue weighted by Gasteiger charge is 2.06. The lowest BCUT2D eigenvalue weighted by Gasteiger charge is -2.20. The standard InChI is InChI=1S/C15H14N2S/c1-17(10-13-9-16-11-18-13)15-8-4-6-12-5-2-3-7-14(12)15/h2-9,11H,10H2,1H3. The molecule has 0 amide bonds. The normalized spacial score (nSPS) is 10.7. The van der Waals surface area contributed by atoms with Crippen LogP contribution < -0.4 is 4.90 Å². The van der Waals surface area contributed by atoms with Crippen molar-refractivity contribution in [2.24, 2.45) is 0 Å². The molecule has 2 aromatic carbocycles. The minimum atomic E-state index is 0.901.